The van der Waals surface area contributed by atoms with Gasteiger partial charge in [0.05, 0.1) is 7.11 Å². The number of ether oxygens (including phenoxy) is 3. The zero-order valence-corrected chi connectivity index (χ0v) is 16.6. The molecule has 0 spiro atoms. The topological polar surface area (TPSA) is 65.1 Å². The molecule has 2 aliphatic heterocycles. The first-order valence-electron chi connectivity index (χ1n) is 8.97. The number of sulfonamides is 1. The molecule has 0 amide bonds. The lowest BCUT2D eigenvalue weighted by atomic mass is 10.00. The molecule has 2 aromatic carbocycles. The predicted molar refractivity (Wildman–Crippen MR) is 101 cm³/mol. The van der Waals surface area contributed by atoms with Crippen LogP contribution in [0.15, 0.2) is 29.2 Å². The molecule has 0 radical (unpaired) electrons. The fourth-order valence-corrected chi connectivity index (χ4v) is 5.18. The van der Waals surface area contributed by atoms with Crippen molar-refractivity contribution in [1.82, 2.24) is 4.31 Å². The lowest BCUT2D eigenvalue weighted by Gasteiger charge is -2.30. The van der Waals surface area contributed by atoms with Gasteiger partial charge in [0.2, 0.25) is 10.0 Å². The lowest BCUT2D eigenvalue weighted by Crippen LogP contribution is -2.36. The van der Waals surface area contributed by atoms with Gasteiger partial charge in [0.1, 0.15) is 23.9 Å². The third kappa shape index (κ3) is 3.15. The first-order valence-corrected chi connectivity index (χ1v) is 10.4. The van der Waals surface area contributed by atoms with E-state index < -0.39 is 10.0 Å². The Morgan fingerprint density at radius 3 is 2.26 bits per heavy atom. The van der Waals surface area contributed by atoms with Crippen molar-refractivity contribution in [3.8, 4) is 17.2 Å². The molecular formula is C20H23NO5S. The van der Waals surface area contributed by atoms with Crippen LogP contribution < -0.4 is 14.2 Å². The fraction of sp³-hybridized carbons (Fsp3) is 0.400. The SMILES string of the molecule is COc1cc(C)c(C)cc1S(=O)(=O)N1CCc2cc3c(cc2C1)OCCO3. The first kappa shape index (κ1) is 18.1. The Morgan fingerprint density at radius 2 is 1.59 bits per heavy atom. The second-order valence-electron chi connectivity index (χ2n) is 6.94. The molecule has 144 valence electrons. The highest BCUT2D eigenvalue weighted by atomic mass is 32.2. The van der Waals surface area contributed by atoms with Crippen LogP contribution in [-0.4, -0.2) is 39.6 Å². The van der Waals surface area contributed by atoms with Gasteiger partial charge >= 0.3 is 0 Å². The van der Waals surface area contributed by atoms with Crippen molar-refractivity contribution in [2.45, 2.75) is 31.7 Å². The van der Waals surface area contributed by atoms with Crippen LogP contribution in [0, 0.1) is 13.8 Å². The summed E-state index contributed by atoms with van der Waals surface area (Å²) >= 11 is 0. The summed E-state index contributed by atoms with van der Waals surface area (Å²) in [5.41, 5.74) is 3.99. The van der Waals surface area contributed by atoms with E-state index in [0.29, 0.717) is 44.2 Å². The van der Waals surface area contributed by atoms with Crippen LogP contribution in [0.3, 0.4) is 0 Å². The molecule has 0 saturated carbocycles. The number of rotatable bonds is 3. The van der Waals surface area contributed by atoms with Crippen LogP contribution in [0.1, 0.15) is 22.3 Å². The fourth-order valence-electron chi connectivity index (χ4n) is 3.54. The van der Waals surface area contributed by atoms with Gasteiger partial charge in [-0.15, -0.1) is 0 Å². The molecule has 7 heteroatoms. The van der Waals surface area contributed by atoms with Gasteiger partial charge in [0.15, 0.2) is 11.5 Å². The Balaban J connectivity index is 1.70. The maximum absolute atomic E-state index is 13.3. The van der Waals surface area contributed by atoms with Crippen LogP contribution >= 0.6 is 0 Å². The van der Waals surface area contributed by atoms with Crippen molar-refractivity contribution >= 4 is 10.0 Å². The van der Waals surface area contributed by atoms with E-state index >= 15 is 0 Å². The maximum Gasteiger partial charge on any atom is 0.247 e. The molecule has 0 unspecified atom stereocenters. The van der Waals surface area contributed by atoms with Crippen molar-refractivity contribution in [3.05, 3.63) is 46.5 Å². The van der Waals surface area contributed by atoms with Crippen molar-refractivity contribution < 1.29 is 22.6 Å². The van der Waals surface area contributed by atoms with Gasteiger partial charge in [-0.2, -0.15) is 4.31 Å². The summed E-state index contributed by atoms with van der Waals surface area (Å²) in [7, 11) is -2.17. The summed E-state index contributed by atoms with van der Waals surface area (Å²) in [6.45, 7) is 5.63. The minimum atomic E-state index is -3.67. The summed E-state index contributed by atoms with van der Waals surface area (Å²) in [6.07, 6.45) is 0.637. The zero-order chi connectivity index (χ0) is 19.2. The zero-order valence-electron chi connectivity index (χ0n) is 15.7. The van der Waals surface area contributed by atoms with Gasteiger partial charge in [0.25, 0.3) is 0 Å². The van der Waals surface area contributed by atoms with Crippen LogP contribution in [0.4, 0.5) is 0 Å². The Hall–Kier alpha value is -2.25. The van der Waals surface area contributed by atoms with Crippen molar-refractivity contribution in [2.75, 3.05) is 26.9 Å². The molecule has 6 nitrogen and oxygen atoms in total. The molecule has 0 saturated heterocycles. The van der Waals surface area contributed by atoms with Crippen LogP contribution in [0.2, 0.25) is 0 Å². The highest BCUT2D eigenvalue weighted by Crippen LogP contribution is 2.37. The monoisotopic (exact) mass is 389 g/mol. The number of fused-ring (bicyclic) bond motifs is 2. The lowest BCUT2D eigenvalue weighted by molar-refractivity contribution is 0.171. The van der Waals surface area contributed by atoms with Gasteiger partial charge in [-0.3, -0.25) is 0 Å². The summed E-state index contributed by atoms with van der Waals surface area (Å²) in [4.78, 5) is 0.217. The molecule has 0 fully saturated rings. The highest BCUT2D eigenvalue weighted by Gasteiger charge is 2.32. The quantitative estimate of drug-likeness (QED) is 0.808. The summed E-state index contributed by atoms with van der Waals surface area (Å²) in [5, 5.41) is 0. The molecule has 2 heterocycles. The third-order valence-corrected chi connectivity index (χ3v) is 7.11. The molecule has 2 aliphatic rings. The molecule has 0 aliphatic carbocycles. The Kier molecular flexibility index (Phi) is 4.52. The normalized spacial score (nSPS) is 16.7. The molecule has 2 aromatic rings. The van der Waals surface area contributed by atoms with Gasteiger partial charge < -0.3 is 14.2 Å². The summed E-state index contributed by atoms with van der Waals surface area (Å²) < 4.78 is 44.8. The number of hydrogen-bond acceptors (Lipinski definition) is 5. The largest absolute Gasteiger partial charge is 0.495 e. The average molecular weight is 389 g/mol. The Labute approximate surface area is 159 Å². The second-order valence-corrected chi connectivity index (χ2v) is 8.85. The minimum absolute atomic E-state index is 0.217. The van der Waals surface area contributed by atoms with Gasteiger partial charge in [-0.25, -0.2) is 8.42 Å². The Bertz CT molecular complexity index is 1000. The van der Waals surface area contributed by atoms with E-state index in [4.69, 9.17) is 14.2 Å². The molecule has 0 aromatic heterocycles. The predicted octanol–water partition coefficient (Wildman–Crippen LogP) is 2.83. The third-order valence-electron chi connectivity index (χ3n) is 5.24. The van der Waals surface area contributed by atoms with E-state index in [-0.39, 0.29) is 4.90 Å². The summed E-state index contributed by atoms with van der Waals surface area (Å²) in [5.74, 6) is 1.81. The summed E-state index contributed by atoms with van der Waals surface area (Å²) in [6, 6.07) is 7.36. The van der Waals surface area contributed by atoms with Gasteiger partial charge in [0, 0.05) is 13.1 Å². The maximum atomic E-state index is 13.3. The molecule has 4 rings (SSSR count). The molecular weight excluding hydrogens is 366 g/mol. The van der Waals surface area contributed by atoms with E-state index in [1.807, 2.05) is 26.0 Å². The highest BCUT2D eigenvalue weighted by molar-refractivity contribution is 7.89. The number of benzene rings is 2. The minimum Gasteiger partial charge on any atom is -0.495 e. The Morgan fingerprint density at radius 1 is 0.963 bits per heavy atom. The van der Waals surface area contributed by atoms with Crippen molar-refractivity contribution in [1.29, 1.82) is 0 Å². The second kappa shape index (κ2) is 6.73. The average Bonchev–Trinajstić information content (AvgIpc) is 2.67. The van der Waals surface area contributed by atoms with Crippen molar-refractivity contribution in [3.63, 3.8) is 0 Å². The van der Waals surface area contributed by atoms with E-state index in [9.17, 15) is 8.42 Å². The first-order chi connectivity index (χ1) is 12.9. The number of nitrogens with zero attached hydrogens (tertiary/aromatic N) is 1. The number of aryl methyl sites for hydroxylation is 2. The number of methoxy groups -OCH3 is 1. The van der Waals surface area contributed by atoms with E-state index in [1.54, 1.807) is 12.1 Å². The van der Waals surface area contributed by atoms with Crippen LogP contribution in [0.25, 0.3) is 0 Å². The van der Waals surface area contributed by atoms with E-state index in [1.165, 1.54) is 11.4 Å². The molecule has 27 heavy (non-hydrogen) atoms. The van der Waals surface area contributed by atoms with Crippen LogP contribution in [0.5, 0.6) is 17.2 Å². The molecule has 0 atom stereocenters. The molecule has 0 bridgehead atoms. The van der Waals surface area contributed by atoms with Crippen LogP contribution in [-0.2, 0) is 23.0 Å². The van der Waals surface area contributed by atoms with E-state index in [2.05, 4.69) is 0 Å². The number of hydrogen-bond donors (Lipinski definition) is 0. The standard InChI is InChI=1S/C20H23NO5S/c1-13-8-19(24-3)20(9-14(13)2)27(22,23)21-5-4-15-10-17-18(11-16(15)12-21)26-7-6-25-17/h8-11H,4-7,12H2,1-3H3. The van der Waals surface area contributed by atoms with Gasteiger partial charge in [-0.05, 0) is 66.8 Å². The molecule has 0 N–H and O–H groups in total. The van der Waals surface area contributed by atoms with E-state index in [0.717, 1.165) is 28.0 Å². The van der Waals surface area contributed by atoms with Crippen molar-refractivity contribution in [2.24, 2.45) is 0 Å². The smallest absolute Gasteiger partial charge is 0.247 e. The van der Waals surface area contributed by atoms with Gasteiger partial charge in [-0.1, -0.05) is 0 Å².